The van der Waals surface area contributed by atoms with Crippen molar-refractivity contribution in [2.75, 3.05) is 27.7 Å². The first-order valence-corrected chi connectivity index (χ1v) is 7.26. The van der Waals surface area contributed by atoms with Gasteiger partial charge < -0.3 is 20.1 Å². The molecule has 0 heterocycles. The predicted octanol–water partition coefficient (Wildman–Crippen LogP) is 2.14. The third kappa shape index (κ3) is 5.36. The van der Waals surface area contributed by atoms with Crippen molar-refractivity contribution in [2.45, 2.75) is 31.8 Å². The van der Waals surface area contributed by atoms with E-state index in [0.717, 1.165) is 17.7 Å². The van der Waals surface area contributed by atoms with Crippen molar-refractivity contribution in [3.8, 4) is 5.75 Å². The highest BCUT2D eigenvalue weighted by molar-refractivity contribution is 5.73. The van der Waals surface area contributed by atoms with Gasteiger partial charge in [-0.25, -0.2) is 0 Å². The van der Waals surface area contributed by atoms with Gasteiger partial charge in [0.15, 0.2) is 0 Å². The first-order valence-electron chi connectivity index (χ1n) is 7.26. The molecule has 0 bridgehead atoms. The minimum absolute atomic E-state index is 0.0961. The van der Waals surface area contributed by atoms with E-state index in [9.17, 15) is 9.90 Å². The molecule has 0 saturated heterocycles. The highest BCUT2D eigenvalue weighted by Crippen LogP contribution is 2.22. The number of methoxy groups -OCH3 is 1. The van der Waals surface area contributed by atoms with E-state index in [1.807, 2.05) is 45.3 Å². The second-order valence-corrected chi connectivity index (χ2v) is 5.34. The number of rotatable bonds is 9. The van der Waals surface area contributed by atoms with Crippen LogP contribution in [-0.2, 0) is 4.79 Å². The number of nitrogens with zero attached hydrogens (tertiary/aromatic N) is 1. The number of hydrogen-bond acceptors (Lipinski definition) is 4. The molecule has 0 aliphatic heterocycles. The Hall–Kier alpha value is -1.59. The van der Waals surface area contributed by atoms with Crippen LogP contribution in [0.2, 0.25) is 0 Å². The first kappa shape index (κ1) is 17.5. The lowest BCUT2D eigenvalue weighted by Crippen LogP contribution is -2.41. The van der Waals surface area contributed by atoms with Crippen LogP contribution in [0.25, 0.3) is 0 Å². The number of likely N-dealkylation sites (N-methyl/N-ethyl adjacent to an activating group) is 1. The Labute approximate surface area is 126 Å². The van der Waals surface area contributed by atoms with Crippen LogP contribution >= 0.6 is 0 Å². The normalized spacial score (nSPS) is 14.0. The fourth-order valence-corrected chi connectivity index (χ4v) is 2.30. The summed E-state index contributed by atoms with van der Waals surface area (Å²) in [6.45, 7) is 2.57. The van der Waals surface area contributed by atoms with Gasteiger partial charge in [0.2, 0.25) is 0 Å². The smallest absolute Gasteiger partial charge is 0.320 e. The summed E-state index contributed by atoms with van der Waals surface area (Å²) in [6, 6.07) is 7.47. The molecule has 5 heteroatoms. The number of nitrogens with one attached hydrogen (secondary N) is 1. The van der Waals surface area contributed by atoms with Crippen LogP contribution in [0.4, 0.5) is 0 Å². The standard InChI is InChI=1S/C16H26N2O3/c1-5-7-14(16(19)20)17-11-15(18(2)3)12-8-6-9-13(10-12)21-4/h6,8-10,14-15,17H,5,7,11H2,1-4H3,(H,19,20). The predicted molar refractivity (Wildman–Crippen MR) is 83.8 cm³/mol. The van der Waals surface area contributed by atoms with Crippen LogP contribution in [-0.4, -0.2) is 49.8 Å². The molecule has 1 rings (SSSR count). The van der Waals surface area contributed by atoms with E-state index in [-0.39, 0.29) is 6.04 Å². The van der Waals surface area contributed by atoms with Crippen molar-refractivity contribution in [3.63, 3.8) is 0 Å². The summed E-state index contributed by atoms with van der Waals surface area (Å²) in [5.74, 6) is 0.0164. The summed E-state index contributed by atoms with van der Waals surface area (Å²) in [5.41, 5.74) is 1.10. The maximum atomic E-state index is 11.2. The Morgan fingerprint density at radius 3 is 2.67 bits per heavy atom. The number of carboxylic acids is 1. The van der Waals surface area contributed by atoms with Crippen molar-refractivity contribution in [1.29, 1.82) is 0 Å². The molecule has 0 spiro atoms. The lowest BCUT2D eigenvalue weighted by molar-refractivity contribution is -0.139. The van der Waals surface area contributed by atoms with Gasteiger partial charge in [0.1, 0.15) is 11.8 Å². The van der Waals surface area contributed by atoms with Crippen LogP contribution in [0.15, 0.2) is 24.3 Å². The molecule has 2 N–H and O–H groups in total. The molecule has 0 radical (unpaired) electrons. The highest BCUT2D eigenvalue weighted by Gasteiger charge is 2.20. The fraction of sp³-hybridized carbons (Fsp3) is 0.562. The molecule has 2 unspecified atom stereocenters. The maximum absolute atomic E-state index is 11.2. The summed E-state index contributed by atoms with van der Waals surface area (Å²) < 4.78 is 5.25. The second kappa shape index (κ2) is 8.64. The highest BCUT2D eigenvalue weighted by atomic mass is 16.5. The Morgan fingerprint density at radius 2 is 2.14 bits per heavy atom. The summed E-state index contributed by atoms with van der Waals surface area (Å²) in [4.78, 5) is 13.3. The first-order chi connectivity index (χ1) is 9.99. The van der Waals surface area contributed by atoms with Crippen molar-refractivity contribution in [1.82, 2.24) is 10.2 Å². The molecule has 0 aliphatic rings. The van der Waals surface area contributed by atoms with Crippen LogP contribution < -0.4 is 10.1 Å². The quantitative estimate of drug-likeness (QED) is 0.730. The third-order valence-electron chi connectivity index (χ3n) is 3.53. The van der Waals surface area contributed by atoms with Gasteiger partial charge in [-0.15, -0.1) is 0 Å². The number of carbonyl (C=O) groups is 1. The minimum atomic E-state index is -0.792. The van der Waals surface area contributed by atoms with Crippen LogP contribution in [0.3, 0.4) is 0 Å². The Bertz CT molecular complexity index is 449. The topological polar surface area (TPSA) is 61.8 Å². The minimum Gasteiger partial charge on any atom is -0.497 e. The Balaban J connectivity index is 2.79. The molecule has 0 aromatic heterocycles. The summed E-state index contributed by atoms with van der Waals surface area (Å²) in [5, 5.41) is 12.4. The molecule has 0 aliphatic carbocycles. The molecule has 1 aromatic carbocycles. The Kier molecular flexibility index (Phi) is 7.19. The fourth-order valence-electron chi connectivity index (χ4n) is 2.30. The molecule has 118 valence electrons. The van der Waals surface area contributed by atoms with Crippen molar-refractivity contribution in [3.05, 3.63) is 29.8 Å². The van der Waals surface area contributed by atoms with E-state index in [1.54, 1.807) is 7.11 Å². The van der Waals surface area contributed by atoms with E-state index in [2.05, 4.69) is 10.2 Å². The van der Waals surface area contributed by atoms with Crippen molar-refractivity contribution >= 4 is 5.97 Å². The summed E-state index contributed by atoms with van der Waals surface area (Å²) in [7, 11) is 5.62. The van der Waals surface area contributed by atoms with Crippen molar-refractivity contribution in [2.24, 2.45) is 0 Å². The van der Waals surface area contributed by atoms with E-state index < -0.39 is 12.0 Å². The molecular weight excluding hydrogens is 268 g/mol. The molecule has 0 fully saturated rings. The average Bonchev–Trinajstić information content (AvgIpc) is 2.46. The molecule has 2 atom stereocenters. The largest absolute Gasteiger partial charge is 0.497 e. The second-order valence-electron chi connectivity index (χ2n) is 5.34. The van der Waals surface area contributed by atoms with E-state index in [4.69, 9.17) is 4.74 Å². The number of ether oxygens (including phenoxy) is 1. The molecule has 21 heavy (non-hydrogen) atoms. The zero-order valence-electron chi connectivity index (χ0n) is 13.3. The number of benzene rings is 1. The van der Waals surface area contributed by atoms with Crippen LogP contribution in [0, 0.1) is 0 Å². The van der Waals surface area contributed by atoms with E-state index >= 15 is 0 Å². The number of aliphatic carboxylic acids is 1. The maximum Gasteiger partial charge on any atom is 0.320 e. The SMILES string of the molecule is CCCC(NCC(c1cccc(OC)c1)N(C)C)C(=O)O. The van der Waals surface area contributed by atoms with Gasteiger partial charge in [-0.3, -0.25) is 4.79 Å². The molecule has 1 aromatic rings. The van der Waals surface area contributed by atoms with E-state index in [0.29, 0.717) is 13.0 Å². The van der Waals surface area contributed by atoms with Gasteiger partial charge in [-0.1, -0.05) is 25.5 Å². The zero-order chi connectivity index (χ0) is 15.8. The number of carboxylic acid groups (broad SMARTS) is 1. The summed E-state index contributed by atoms with van der Waals surface area (Å²) in [6.07, 6.45) is 1.48. The van der Waals surface area contributed by atoms with Gasteiger partial charge in [-0.05, 0) is 38.2 Å². The van der Waals surface area contributed by atoms with Crippen LogP contribution in [0.1, 0.15) is 31.4 Å². The molecule has 0 saturated carbocycles. The zero-order valence-corrected chi connectivity index (χ0v) is 13.3. The number of hydrogen-bond donors (Lipinski definition) is 2. The molecule has 0 amide bonds. The lowest BCUT2D eigenvalue weighted by atomic mass is 10.0. The Morgan fingerprint density at radius 1 is 1.43 bits per heavy atom. The lowest BCUT2D eigenvalue weighted by Gasteiger charge is -2.27. The van der Waals surface area contributed by atoms with Crippen molar-refractivity contribution < 1.29 is 14.6 Å². The van der Waals surface area contributed by atoms with Gasteiger partial charge in [0, 0.05) is 12.6 Å². The monoisotopic (exact) mass is 294 g/mol. The molecule has 5 nitrogen and oxygen atoms in total. The van der Waals surface area contributed by atoms with Gasteiger partial charge in [-0.2, -0.15) is 0 Å². The van der Waals surface area contributed by atoms with E-state index in [1.165, 1.54) is 0 Å². The molecular formula is C16H26N2O3. The van der Waals surface area contributed by atoms with Gasteiger partial charge in [0.05, 0.1) is 7.11 Å². The van der Waals surface area contributed by atoms with Gasteiger partial charge >= 0.3 is 5.97 Å². The van der Waals surface area contributed by atoms with Gasteiger partial charge in [0.25, 0.3) is 0 Å². The average molecular weight is 294 g/mol. The summed E-state index contributed by atoms with van der Waals surface area (Å²) >= 11 is 0. The third-order valence-corrected chi connectivity index (χ3v) is 3.53. The van der Waals surface area contributed by atoms with Crippen LogP contribution in [0.5, 0.6) is 5.75 Å².